The minimum atomic E-state index is -2.60. The summed E-state index contributed by atoms with van der Waals surface area (Å²) in [6.07, 6.45) is -2.60. The van der Waals surface area contributed by atoms with Gasteiger partial charge in [-0.25, -0.2) is 8.78 Å². The van der Waals surface area contributed by atoms with Crippen LogP contribution in [0.3, 0.4) is 0 Å². The number of phenolic OH excluding ortho intramolecular Hbond substituents is 1. The third kappa shape index (κ3) is 1.12. The van der Waals surface area contributed by atoms with Gasteiger partial charge in [-0.2, -0.15) is 5.10 Å². The molecular formula is C8H6F2N2O. The highest BCUT2D eigenvalue weighted by Crippen LogP contribution is 2.29. The van der Waals surface area contributed by atoms with E-state index in [1.807, 2.05) is 0 Å². The first-order chi connectivity index (χ1) is 6.20. The van der Waals surface area contributed by atoms with E-state index in [0.29, 0.717) is 0 Å². The van der Waals surface area contributed by atoms with E-state index < -0.39 is 6.43 Å². The molecule has 5 heteroatoms. The molecule has 0 spiro atoms. The van der Waals surface area contributed by atoms with Crippen LogP contribution in [0.2, 0.25) is 0 Å². The topological polar surface area (TPSA) is 48.9 Å². The lowest BCUT2D eigenvalue weighted by atomic mass is 10.2. The number of benzene rings is 1. The second-order valence-electron chi connectivity index (χ2n) is 2.61. The number of rotatable bonds is 1. The van der Waals surface area contributed by atoms with E-state index >= 15 is 0 Å². The molecule has 0 saturated carbocycles. The first-order valence-electron chi connectivity index (χ1n) is 3.64. The molecule has 1 aromatic carbocycles. The molecule has 0 aliphatic heterocycles. The molecule has 0 amide bonds. The monoisotopic (exact) mass is 184 g/mol. The normalized spacial score (nSPS) is 11.3. The maximum atomic E-state index is 12.3. The van der Waals surface area contributed by atoms with Crippen molar-refractivity contribution in [1.82, 2.24) is 10.2 Å². The number of phenols is 1. The smallest absolute Gasteiger partial charge is 0.280 e. The average molecular weight is 184 g/mol. The molecule has 0 radical (unpaired) electrons. The molecule has 1 heterocycles. The molecule has 0 fully saturated rings. The van der Waals surface area contributed by atoms with Crippen molar-refractivity contribution in [3.05, 3.63) is 23.9 Å². The van der Waals surface area contributed by atoms with Gasteiger partial charge in [0.25, 0.3) is 6.43 Å². The van der Waals surface area contributed by atoms with Gasteiger partial charge in [0, 0.05) is 5.39 Å². The Bertz CT molecular complexity index is 439. The van der Waals surface area contributed by atoms with Gasteiger partial charge in [0.2, 0.25) is 0 Å². The molecule has 0 bridgehead atoms. The van der Waals surface area contributed by atoms with Crippen molar-refractivity contribution < 1.29 is 13.9 Å². The Morgan fingerprint density at radius 1 is 1.38 bits per heavy atom. The average Bonchev–Trinajstić information content (AvgIpc) is 2.48. The summed E-state index contributed by atoms with van der Waals surface area (Å²) >= 11 is 0. The summed E-state index contributed by atoms with van der Waals surface area (Å²) in [5, 5.41) is 15.3. The molecule has 13 heavy (non-hydrogen) atoms. The van der Waals surface area contributed by atoms with Crippen LogP contribution in [0.4, 0.5) is 8.78 Å². The Kier molecular flexibility index (Phi) is 1.65. The van der Waals surface area contributed by atoms with Crippen molar-refractivity contribution in [2.75, 3.05) is 0 Å². The van der Waals surface area contributed by atoms with E-state index in [4.69, 9.17) is 0 Å². The van der Waals surface area contributed by atoms with Gasteiger partial charge >= 0.3 is 0 Å². The summed E-state index contributed by atoms with van der Waals surface area (Å²) in [6, 6.07) is 4.39. The van der Waals surface area contributed by atoms with Crippen molar-refractivity contribution >= 4 is 10.9 Å². The predicted octanol–water partition coefficient (Wildman–Crippen LogP) is 2.21. The van der Waals surface area contributed by atoms with Crippen molar-refractivity contribution in [2.24, 2.45) is 0 Å². The zero-order valence-electron chi connectivity index (χ0n) is 6.46. The standard InChI is InChI=1S/C8H6F2N2O/c9-8(10)7-4-2-1-3-5(13)6(4)11-12-7/h1-3,8,13H,(H,11,12). The van der Waals surface area contributed by atoms with Crippen LogP contribution in [0, 0.1) is 0 Å². The minimum absolute atomic E-state index is 0.0966. The summed E-state index contributed by atoms with van der Waals surface area (Å²) < 4.78 is 24.6. The molecule has 0 atom stereocenters. The number of para-hydroxylation sites is 1. The highest BCUT2D eigenvalue weighted by atomic mass is 19.3. The largest absolute Gasteiger partial charge is 0.506 e. The molecule has 2 N–H and O–H groups in total. The Morgan fingerprint density at radius 2 is 2.15 bits per heavy atom. The van der Waals surface area contributed by atoms with Crippen LogP contribution >= 0.6 is 0 Å². The zero-order valence-corrected chi connectivity index (χ0v) is 6.46. The number of aromatic nitrogens is 2. The highest BCUT2D eigenvalue weighted by Gasteiger charge is 2.15. The number of hydrogen-bond acceptors (Lipinski definition) is 2. The van der Waals surface area contributed by atoms with Crippen molar-refractivity contribution in [2.45, 2.75) is 6.43 Å². The summed E-state index contributed by atoms with van der Waals surface area (Å²) in [5.74, 6) is -0.0966. The molecule has 0 unspecified atom stereocenters. The van der Waals surface area contributed by atoms with Crippen molar-refractivity contribution in [3.8, 4) is 5.75 Å². The number of aromatic amines is 1. The van der Waals surface area contributed by atoms with E-state index in [9.17, 15) is 13.9 Å². The van der Waals surface area contributed by atoms with Crippen LogP contribution in [-0.4, -0.2) is 15.3 Å². The Morgan fingerprint density at radius 3 is 2.85 bits per heavy atom. The van der Waals surface area contributed by atoms with E-state index in [-0.39, 0.29) is 22.3 Å². The van der Waals surface area contributed by atoms with Crippen LogP contribution in [0.25, 0.3) is 10.9 Å². The summed E-state index contributed by atoms with van der Waals surface area (Å²) in [7, 11) is 0. The predicted molar refractivity (Wildman–Crippen MR) is 42.7 cm³/mol. The molecule has 3 nitrogen and oxygen atoms in total. The van der Waals surface area contributed by atoms with Crippen LogP contribution in [0.15, 0.2) is 18.2 Å². The molecule has 0 aliphatic rings. The zero-order chi connectivity index (χ0) is 9.42. The van der Waals surface area contributed by atoms with E-state index in [0.717, 1.165) is 0 Å². The van der Waals surface area contributed by atoms with Crippen LogP contribution in [0.1, 0.15) is 12.1 Å². The molecule has 0 aliphatic carbocycles. The van der Waals surface area contributed by atoms with Crippen LogP contribution in [0.5, 0.6) is 5.75 Å². The third-order valence-electron chi connectivity index (χ3n) is 1.81. The van der Waals surface area contributed by atoms with E-state index in [2.05, 4.69) is 10.2 Å². The van der Waals surface area contributed by atoms with Gasteiger partial charge in [-0.3, -0.25) is 5.10 Å². The number of nitrogens with zero attached hydrogens (tertiary/aromatic N) is 1. The Labute approximate surface area is 72.0 Å². The Balaban J connectivity index is 2.75. The Hall–Kier alpha value is -1.65. The highest BCUT2D eigenvalue weighted by molar-refractivity contribution is 5.86. The molecule has 1 aromatic heterocycles. The second-order valence-corrected chi connectivity index (χ2v) is 2.61. The summed E-state index contributed by atoms with van der Waals surface area (Å²) in [6.45, 7) is 0. The van der Waals surface area contributed by atoms with Crippen molar-refractivity contribution in [3.63, 3.8) is 0 Å². The van der Waals surface area contributed by atoms with Gasteiger partial charge < -0.3 is 5.11 Å². The lowest BCUT2D eigenvalue weighted by Crippen LogP contribution is -1.83. The third-order valence-corrected chi connectivity index (χ3v) is 1.81. The first-order valence-corrected chi connectivity index (χ1v) is 3.64. The first kappa shape index (κ1) is 7.97. The van der Waals surface area contributed by atoms with Gasteiger partial charge in [-0.15, -0.1) is 0 Å². The fraction of sp³-hybridized carbons (Fsp3) is 0.125. The van der Waals surface area contributed by atoms with Crippen LogP contribution < -0.4 is 0 Å². The molecule has 68 valence electrons. The second kappa shape index (κ2) is 2.69. The number of aromatic hydroxyl groups is 1. The summed E-state index contributed by atoms with van der Waals surface area (Å²) in [4.78, 5) is 0. The lowest BCUT2D eigenvalue weighted by molar-refractivity contribution is 0.147. The SMILES string of the molecule is Oc1cccc2c(C(F)F)[nH]nc12. The number of H-pyrrole nitrogens is 1. The van der Waals surface area contributed by atoms with Gasteiger partial charge in [-0.05, 0) is 6.07 Å². The minimum Gasteiger partial charge on any atom is -0.506 e. The van der Waals surface area contributed by atoms with Crippen molar-refractivity contribution in [1.29, 1.82) is 0 Å². The van der Waals surface area contributed by atoms with E-state index in [1.165, 1.54) is 18.2 Å². The quantitative estimate of drug-likeness (QED) is 0.713. The number of nitrogens with one attached hydrogen (secondary N) is 1. The molecule has 0 saturated heterocycles. The number of hydrogen-bond donors (Lipinski definition) is 2. The van der Waals surface area contributed by atoms with Gasteiger partial charge in [-0.1, -0.05) is 12.1 Å². The maximum absolute atomic E-state index is 12.3. The van der Waals surface area contributed by atoms with Gasteiger partial charge in [0.1, 0.15) is 17.0 Å². The van der Waals surface area contributed by atoms with Gasteiger partial charge in [0.05, 0.1) is 0 Å². The number of fused-ring (bicyclic) bond motifs is 1. The molecule has 2 aromatic rings. The maximum Gasteiger partial charge on any atom is 0.280 e. The van der Waals surface area contributed by atoms with Crippen LogP contribution in [-0.2, 0) is 0 Å². The number of halogens is 2. The lowest BCUT2D eigenvalue weighted by Gasteiger charge is -1.95. The number of alkyl halides is 2. The summed E-state index contributed by atoms with van der Waals surface area (Å²) in [5.41, 5.74) is -0.0799. The van der Waals surface area contributed by atoms with Gasteiger partial charge in [0.15, 0.2) is 0 Å². The molecule has 2 rings (SSSR count). The van der Waals surface area contributed by atoms with E-state index in [1.54, 1.807) is 0 Å². The fourth-order valence-electron chi connectivity index (χ4n) is 1.21. The molecular weight excluding hydrogens is 178 g/mol. The fourth-order valence-corrected chi connectivity index (χ4v) is 1.21.